The van der Waals surface area contributed by atoms with Crippen LogP contribution in [0.4, 0.5) is 0 Å². The Morgan fingerprint density at radius 1 is 0.541 bits per heavy atom. The Balaban J connectivity index is 1.88. The maximum atomic E-state index is 12.9. The molecule has 0 amide bonds. The molecule has 0 aromatic carbocycles. The number of allylic oxidation sites excluding steroid dienone is 8. The third-order valence-corrected chi connectivity index (χ3v) is 10.7. The number of hydrogen-bond acceptors (Lipinski definition) is 15. The molecule has 2 fully saturated rings. The molecule has 0 aromatic rings. The average Bonchev–Trinajstić information content (AvgIpc) is 3.25. The summed E-state index contributed by atoms with van der Waals surface area (Å²) >= 11 is 0. The van der Waals surface area contributed by atoms with E-state index < -0.39 is 99.3 Å². The highest BCUT2D eigenvalue weighted by atomic mass is 16.7. The van der Waals surface area contributed by atoms with E-state index >= 15 is 0 Å². The van der Waals surface area contributed by atoms with Gasteiger partial charge in [0, 0.05) is 12.8 Å². The zero-order chi connectivity index (χ0) is 44.7. The summed E-state index contributed by atoms with van der Waals surface area (Å²) in [5.74, 6) is -0.974. The SMILES string of the molecule is CC/C=C/C=C/C=C/C=C/CCCCCC(=O)OC(COC(=O)CCCCCCCCCCCCCC)CO[C@@H]1O[C@H](CO[C@@H]2O[C@H](CO)[C@H](O)C(O)C2O)[C@H](O)C(O)C1O. The van der Waals surface area contributed by atoms with Crippen LogP contribution < -0.4 is 0 Å². The van der Waals surface area contributed by atoms with Crippen LogP contribution in [0.25, 0.3) is 0 Å². The van der Waals surface area contributed by atoms with Crippen molar-refractivity contribution in [2.45, 2.75) is 203 Å². The predicted octanol–water partition coefficient (Wildman–Crippen LogP) is 4.76. The van der Waals surface area contributed by atoms with Crippen LogP contribution in [-0.4, -0.2) is 142 Å². The fourth-order valence-electron chi connectivity index (χ4n) is 6.87. The van der Waals surface area contributed by atoms with Crippen LogP contribution in [0.1, 0.15) is 136 Å². The molecule has 2 aliphatic heterocycles. The van der Waals surface area contributed by atoms with Crippen LogP contribution in [0.5, 0.6) is 0 Å². The van der Waals surface area contributed by atoms with E-state index in [9.17, 15) is 45.3 Å². The Morgan fingerprint density at radius 2 is 1.03 bits per heavy atom. The molecule has 2 rings (SSSR count). The molecule has 352 valence electrons. The van der Waals surface area contributed by atoms with Crippen LogP contribution in [-0.2, 0) is 38.0 Å². The van der Waals surface area contributed by atoms with Crippen LogP contribution in [0.15, 0.2) is 48.6 Å². The maximum Gasteiger partial charge on any atom is 0.306 e. The number of hydrogen-bond donors (Lipinski definition) is 7. The monoisotopic (exact) mass is 871 g/mol. The lowest BCUT2D eigenvalue weighted by Crippen LogP contribution is -2.61. The molecule has 2 aliphatic rings. The van der Waals surface area contributed by atoms with Gasteiger partial charge in [0.05, 0.1) is 19.8 Å². The quantitative estimate of drug-likeness (QED) is 0.0268. The van der Waals surface area contributed by atoms with Crippen molar-refractivity contribution in [2.24, 2.45) is 0 Å². The van der Waals surface area contributed by atoms with E-state index in [-0.39, 0.29) is 19.4 Å². The van der Waals surface area contributed by atoms with Crippen LogP contribution in [0.3, 0.4) is 0 Å². The van der Waals surface area contributed by atoms with Gasteiger partial charge in [-0.25, -0.2) is 0 Å². The summed E-state index contributed by atoms with van der Waals surface area (Å²) in [6, 6.07) is 0. The zero-order valence-electron chi connectivity index (χ0n) is 36.6. The third-order valence-electron chi connectivity index (χ3n) is 10.7. The molecular formula is C46H78O15. The third kappa shape index (κ3) is 23.1. The lowest BCUT2D eigenvalue weighted by atomic mass is 9.98. The van der Waals surface area contributed by atoms with Crippen LogP contribution >= 0.6 is 0 Å². The number of unbranched alkanes of at least 4 members (excludes halogenated alkanes) is 14. The average molecular weight is 871 g/mol. The van der Waals surface area contributed by atoms with Crippen molar-refractivity contribution in [1.29, 1.82) is 0 Å². The van der Waals surface area contributed by atoms with Gasteiger partial charge in [0.25, 0.3) is 0 Å². The molecule has 7 N–H and O–H groups in total. The van der Waals surface area contributed by atoms with Gasteiger partial charge in [0.2, 0.25) is 0 Å². The highest BCUT2D eigenvalue weighted by molar-refractivity contribution is 5.70. The topological polar surface area (TPSA) is 231 Å². The van der Waals surface area contributed by atoms with E-state index in [4.69, 9.17) is 28.4 Å². The highest BCUT2D eigenvalue weighted by Gasteiger charge is 2.47. The van der Waals surface area contributed by atoms with Gasteiger partial charge in [-0.2, -0.15) is 0 Å². The number of aliphatic hydroxyl groups is 7. The minimum Gasteiger partial charge on any atom is -0.462 e. The van der Waals surface area contributed by atoms with E-state index in [1.165, 1.54) is 51.4 Å². The Morgan fingerprint density at radius 3 is 1.62 bits per heavy atom. The molecule has 0 bridgehead atoms. The fourth-order valence-corrected chi connectivity index (χ4v) is 6.87. The molecule has 11 atom stereocenters. The summed E-state index contributed by atoms with van der Waals surface area (Å²) in [6.07, 6.45) is 17.3. The first-order chi connectivity index (χ1) is 29.5. The standard InChI is InChI=1S/C46H78O15/c1-3-5-7-9-11-13-15-17-19-21-23-25-27-29-38(49)59-34(31-56-37(48)28-26-24-22-20-18-16-14-12-10-8-6-4-2)32-57-45-44(55)42(53)40(51)36(61-45)33-58-46-43(54)41(52)39(50)35(30-47)60-46/h5,7,9,11,13,15,17,19,34-36,39-47,50-55H,3-4,6,8,10,12,14,16,18,20-33H2,1-2H3/b7-5+,11-9+,15-13+,19-17+/t34?,35-,36-,39+,40+,41?,42?,43?,44?,45-,46-/m1/s1. The van der Waals surface area contributed by atoms with Gasteiger partial charge in [-0.1, -0.05) is 140 Å². The summed E-state index contributed by atoms with van der Waals surface area (Å²) in [7, 11) is 0. The molecule has 0 aromatic heterocycles. The minimum absolute atomic E-state index is 0.119. The first-order valence-electron chi connectivity index (χ1n) is 22.8. The van der Waals surface area contributed by atoms with Gasteiger partial charge < -0.3 is 64.2 Å². The molecule has 5 unspecified atom stereocenters. The molecular weight excluding hydrogens is 792 g/mol. The van der Waals surface area contributed by atoms with Gasteiger partial charge in [-0.3, -0.25) is 9.59 Å². The highest BCUT2D eigenvalue weighted by Crippen LogP contribution is 2.26. The molecule has 15 nitrogen and oxygen atoms in total. The minimum atomic E-state index is -1.77. The number of carbonyl (C=O) groups is 2. The Kier molecular flexibility index (Phi) is 30.4. The number of rotatable bonds is 33. The number of ether oxygens (including phenoxy) is 6. The summed E-state index contributed by atoms with van der Waals surface area (Å²) in [6.45, 7) is 2.37. The van der Waals surface area contributed by atoms with Gasteiger partial charge in [-0.05, 0) is 32.1 Å². The largest absolute Gasteiger partial charge is 0.462 e. The first-order valence-corrected chi connectivity index (χ1v) is 22.8. The smallest absolute Gasteiger partial charge is 0.306 e. The van der Waals surface area contributed by atoms with Crippen molar-refractivity contribution < 1.29 is 73.8 Å². The number of aliphatic hydroxyl groups excluding tert-OH is 7. The van der Waals surface area contributed by atoms with Gasteiger partial charge in [-0.15, -0.1) is 0 Å². The summed E-state index contributed by atoms with van der Waals surface area (Å²) in [5, 5.41) is 71.8. The van der Waals surface area contributed by atoms with Gasteiger partial charge >= 0.3 is 11.9 Å². The zero-order valence-corrected chi connectivity index (χ0v) is 36.6. The first kappa shape index (κ1) is 54.6. The predicted molar refractivity (Wildman–Crippen MR) is 229 cm³/mol. The molecule has 61 heavy (non-hydrogen) atoms. The molecule has 2 saturated heterocycles. The van der Waals surface area contributed by atoms with Gasteiger partial charge in [0.15, 0.2) is 18.7 Å². The van der Waals surface area contributed by atoms with Crippen molar-refractivity contribution >= 4 is 11.9 Å². The fraction of sp³-hybridized carbons (Fsp3) is 0.783. The lowest BCUT2D eigenvalue weighted by molar-refractivity contribution is -0.332. The van der Waals surface area contributed by atoms with Crippen molar-refractivity contribution in [1.82, 2.24) is 0 Å². The normalized spacial score (nSPS) is 27.8. The number of carbonyl (C=O) groups excluding carboxylic acids is 2. The van der Waals surface area contributed by atoms with E-state index in [2.05, 4.69) is 26.0 Å². The second kappa shape index (κ2) is 33.9. The Labute approximate surface area is 363 Å². The molecule has 0 aliphatic carbocycles. The molecule has 15 heteroatoms. The van der Waals surface area contributed by atoms with E-state index in [0.717, 1.165) is 44.9 Å². The van der Waals surface area contributed by atoms with Crippen molar-refractivity contribution in [3.05, 3.63) is 48.6 Å². The number of esters is 2. The summed E-state index contributed by atoms with van der Waals surface area (Å²) in [4.78, 5) is 25.6. The molecule has 0 spiro atoms. The van der Waals surface area contributed by atoms with Crippen LogP contribution in [0.2, 0.25) is 0 Å². The summed E-state index contributed by atoms with van der Waals surface area (Å²) < 4.78 is 33.4. The molecule has 2 heterocycles. The maximum absolute atomic E-state index is 12.9. The van der Waals surface area contributed by atoms with Crippen molar-refractivity contribution in [3.8, 4) is 0 Å². The van der Waals surface area contributed by atoms with E-state index in [1.807, 2.05) is 36.5 Å². The second-order valence-electron chi connectivity index (χ2n) is 15.9. The van der Waals surface area contributed by atoms with Crippen molar-refractivity contribution in [2.75, 3.05) is 26.4 Å². The lowest BCUT2D eigenvalue weighted by Gasteiger charge is -2.42. The molecule has 0 radical (unpaired) electrons. The second-order valence-corrected chi connectivity index (χ2v) is 15.9. The Bertz CT molecular complexity index is 1260. The van der Waals surface area contributed by atoms with E-state index in [0.29, 0.717) is 12.8 Å². The van der Waals surface area contributed by atoms with Gasteiger partial charge in [0.1, 0.15) is 55.4 Å². The van der Waals surface area contributed by atoms with Crippen LogP contribution in [0, 0.1) is 0 Å². The Hall–Kier alpha value is -2.54. The van der Waals surface area contributed by atoms with Crippen molar-refractivity contribution in [3.63, 3.8) is 0 Å². The van der Waals surface area contributed by atoms with E-state index in [1.54, 1.807) is 0 Å². The summed E-state index contributed by atoms with van der Waals surface area (Å²) in [5.41, 5.74) is 0. The molecule has 0 saturated carbocycles.